The van der Waals surface area contributed by atoms with Gasteiger partial charge in [0.15, 0.2) is 0 Å². The maximum absolute atomic E-state index is 12.9. The van der Waals surface area contributed by atoms with Crippen molar-refractivity contribution in [1.82, 2.24) is 7.94 Å². The molecule has 104 valence electrons. The summed E-state index contributed by atoms with van der Waals surface area (Å²) in [7, 11) is -3.67. The lowest BCUT2D eigenvalue weighted by Crippen LogP contribution is -2.19. The quantitative estimate of drug-likeness (QED) is 0.570. The maximum atomic E-state index is 12.9. The highest BCUT2D eigenvalue weighted by molar-refractivity contribution is 7.88. The first kappa shape index (κ1) is 12.2. The van der Waals surface area contributed by atoms with Gasteiger partial charge in [-0.05, 0) is 24.3 Å². The Labute approximate surface area is 122 Å². The molecule has 2 aromatic carbocycles. The molecule has 0 saturated carbocycles. The normalized spacial score (nSPS) is 12.2. The maximum Gasteiger partial charge on any atom is 0.334 e. The molecule has 4 nitrogen and oxygen atoms in total. The second-order valence-electron chi connectivity index (χ2n) is 4.85. The van der Waals surface area contributed by atoms with E-state index in [1.807, 2.05) is 36.4 Å². The molecule has 0 spiro atoms. The van der Waals surface area contributed by atoms with E-state index in [2.05, 4.69) is 0 Å². The predicted molar refractivity (Wildman–Crippen MR) is 83.6 cm³/mol. The molecule has 0 atom stereocenters. The summed E-state index contributed by atoms with van der Waals surface area (Å²) in [6, 6.07) is 18.5. The van der Waals surface area contributed by atoms with Crippen LogP contribution in [-0.4, -0.2) is 16.4 Å². The highest BCUT2D eigenvalue weighted by Gasteiger charge is 2.19. The van der Waals surface area contributed by atoms with Gasteiger partial charge in [0.2, 0.25) is 0 Å². The Morgan fingerprint density at radius 3 is 1.52 bits per heavy atom. The summed E-state index contributed by atoms with van der Waals surface area (Å²) in [5, 5.41) is 1.80. The van der Waals surface area contributed by atoms with Gasteiger partial charge in [0, 0.05) is 23.2 Å². The summed E-state index contributed by atoms with van der Waals surface area (Å²) in [6.45, 7) is 0. The average molecular weight is 296 g/mol. The van der Waals surface area contributed by atoms with Crippen molar-refractivity contribution in [2.75, 3.05) is 0 Å². The van der Waals surface area contributed by atoms with Crippen LogP contribution in [0.5, 0.6) is 0 Å². The largest absolute Gasteiger partial charge is 0.334 e. The smallest absolute Gasteiger partial charge is 0.228 e. The monoisotopic (exact) mass is 296 g/mol. The molecule has 4 rings (SSSR count). The van der Waals surface area contributed by atoms with Gasteiger partial charge in [-0.2, -0.15) is 8.42 Å². The molecule has 5 heteroatoms. The second kappa shape index (κ2) is 4.23. The Kier molecular flexibility index (Phi) is 2.46. The summed E-state index contributed by atoms with van der Waals surface area (Å²) in [5.41, 5.74) is 1.35. The number of aromatic nitrogens is 2. The van der Waals surface area contributed by atoms with Gasteiger partial charge in [0.1, 0.15) is 0 Å². The summed E-state index contributed by atoms with van der Waals surface area (Å²) >= 11 is 0. The second-order valence-corrected chi connectivity index (χ2v) is 6.53. The lowest BCUT2D eigenvalue weighted by molar-refractivity contribution is 0.582. The topological polar surface area (TPSA) is 44.0 Å². The Balaban J connectivity index is 2.02. The molecule has 0 unspecified atom stereocenters. The van der Waals surface area contributed by atoms with Crippen LogP contribution in [0.15, 0.2) is 73.1 Å². The average Bonchev–Trinajstić information content (AvgIpc) is 3.12. The minimum Gasteiger partial charge on any atom is -0.228 e. The summed E-state index contributed by atoms with van der Waals surface area (Å²) in [4.78, 5) is 0. The number of rotatable bonds is 2. The van der Waals surface area contributed by atoms with E-state index >= 15 is 0 Å². The third-order valence-corrected chi connectivity index (χ3v) is 5.26. The lowest BCUT2D eigenvalue weighted by atomic mass is 10.3. The van der Waals surface area contributed by atoms with E-state index < -0.39 is 10.2 Å². The molecule has 2 aromatic heterocycles. The van der Waals surface area contributed by atoms with Crippen LogP contribution in [0.2, 0.25) is 0 Å². The predicted octanol–water partition coefficient (Wildman–Crippen LogP) is 3.24. The van der Waals surface area contributed by atoms with Crippen molar-refractivity contribution >= 4 is 32.0 Å². The molecule has 21 heavy (non-hydrogen) atoms. The molecular formula is C16H12N2O2S. The van der Waals surface area contributed by atoms with Gasteiger partial charge in [-0.1, -0.05) is 36.4 Å². The van der Waals surface area contributed by atoms with Gasteiger partial charge in [0.25, 0.3) is 0 Å². The molecule has 0 radical (unpaired) electrons. The molecular weight excluding hydrogens is 284 g/mol. The highest BCUT2D eigenvalue weighted by atomic mass is 32.2. The number of para-hydroxylation sites is 2. The first-order valence-corrected chi connectivity index (χ1v) is 7.96. The molecule has 0 aliphatic carbocycles. The van der Waals surface area contributed by atoms with Crippen LogP contribution < -0.4 is 0 Å². The third kappa shape index (κ3) is 1.71. The summed E-state index contributed by atoms with van der Waals surface area (Å²) < 4.78 is 28.4. The molecule has 2 heterocycles. The van der Waals surface area contributed by atoms with Gasteiger partial charge in [-0.3, -0.25) is 0 Å². The van der Waals surface area contributed by atoms with Crippen molar-refractivity contribution in [1.29, 1.82) is 0 Å². The Morgan fingerprint density at radius 2 is 1.05 bits per heavy atom. The van der Waals surface area contributed by atoms with Crippen molar-refractivity contribution in [3.05, 3.63) is 73.1 Å². The molecule has 0 saturated heterocycles. The van der Waals surface area contributed by atoms with Crippen molar-refractivity contribution in [2.24, 2.45) is 0 Å². The zero-order valence-electron chi connectivity index (χ0n) is 11.0. The van der Waals surface area contributed by atoms with Crippen LogP contribution >= 0.6 is 0 Å². The zero-order chi connectivity index (χ0) is 14.4. The fourth-order valence-corrected chi connectivity index (χ4v) is 4.06. The van der Waals surface area contributed by atoms with Crippen molar-refractivity contribution < 1.29 is 8.42 Å². The first-order valence-electron chi connectivity index (χ1n) is 6.56. The number of fused-ring (bicyclic) bond motifs is 2. The fourth-order valence-electron chi connectivity index (χ4n) is 2.61. The Hall–Kier alpha value is -2.53. The SMILES string of the molecule is O=S(=O)(n1ccc2ccccc21)n1ccc2ccccc21. The summed E-state index contributed by atoms with van der Waals surface area (Å²) in [6.07, 6.45) is 3.18. The standard InChI is InChI=1S/C16H12N2O2S/c19-21(20,17-11-9-13-5-1-3-7-15(13)17)18-12-10-14-6-2-4-8-16(14)18/h1-12H. The zero-order valence-corrected chi connectivity index (χ0v) is 11.9. The highest BCUT2D eigenvalue weighted by Crippen LogP contribution is 2.22. The van der Waals surface area contributed by atoms with E-state index in [-0.39, 0.29) is 0 Å². The molecule has 0 aliphatic heterocycles. The molecule has 0 aliphatic rings. The minimum atomic E-state index is -3.67. The van der Waals surface area contributed by atoms with Crippen molar-refractivity contribution in [2.45, 2.75) is 0 Å². The van der Waals surface area contributed by atoms with Gasteiger partial charge < -0.3 is 0 Å². The van der Waals surface area contributed by atoms with Crippen LogP contribution in [0.3, 0.4) is 0 Å². The van der Waals surface area contributed by atoms with Crippen LogP contribution in [-0.2, 0) is 10.2 Å². The van der Waals surface area contributed by atoms with Crippen molar-refractivity contribution in [3.63, 3.8) is 0 Å². The van der Waals surface area contributed by atoms with Gasteiger partial charge in [-0.15, -0.1) is 0 Å². The van der Waals surface area contributed by atoms with Crippen LogP contribution in [0.4, 0.5) is 0 Å². The van der Waals surface area contributed by atoms with Gasteiger partial charge in [-0.25, -0.2) is 7.94 Å². The lowest BCUT2D eigenvalue weighted by Gasteiger charge is -2.09. The van der Waals surface area contributed by atoms with E-state index in [1.165, 1.54) is 7.94 Å². The van der Waals surface area contributed by atoms with E-state index in [1.54, 1.807) is 36.7 Å². The minimum absolute atomic E-state index is 0.676. The van der Waals surface area contributed by atoms with E-state index in [9.17, 15) is 8.42 Å². The van der Waals surface area contributed by atoms with Gasteiger partial charge in [0.05, 0.1) is 11.0 Å². The third-order valence-electron chi connectivity index (χ3n) is 3.62. The van der Waals surface area contributed by atoms with Crippen molar-refractivity contribution in [3.8, 4) is 0 Å². The van der Waals surface area contributed by atoms with E-state index in [4.69, 9.17) is 0 Å². The Morgan fingerprint density at radius 1 is 0.619 bits per heavy atom. The van der Waals surface area contributed by atoms with Gasteiger partial charge >= 0.3 is 10.2 Å². The van der Waals surface area contributed by atoms with Crippen LogP contribution in [0.25, 0.3) is 21.8 Å². The molecule has 0 fully saturated rings. The Bertz CT molecular complexity index is 978. The number of benzene rings is 2. The molecule has 4 aromatic rings. The number of nitrogens with zero attached hydrogens (tertiary/aromatic N) is 2. The van der Waals surface area contributed by atoms with Crippen LogP contribution in [0.1, 0.15) is 0 Å². The van der Waals surface area contributed by atoms with E-state index in [0.29, 0.717) is 11.0 Å². The number of hydrogen-bond acceptors (Lipinski definition) is 2. The summed E-state index contributed by atoms with van der Waals surface area (Å²) in [5.74, 6) is 0. The molecule has 0 amide bonds. The number of hydrogen-bond donors (Lipinski definition) is 0. The van der Waals surface area contributed by atoms with E-state index in [0.717, 1.165) is 10.8 Å². The molecule has 0 N–H and O–H groups in total. The molecule has 0 bridgehead atoms. The first-order chi connectivity index (χ1) is 10.2. The van der Waals surface area contributed by atoms with Crippen LogP contribution in [0, 0.1) is 0 Å². The fraction of sp³-hybridized carbons (Fsp3) is 0.